The van der Waals surface area contributed by atoms with Gasteiger partial charge in [0.05, 0.1) is 16.5 Å². The van der Waals surface area contributed by atoms with Gasteiger partial charge in [0, 0.05) is 5.69 Å². The summed E-state index contributed by atoms with van der Waals surface area (Å²) >= 11 is 3.96. The average molecular weight is 463 g/mol. The van der Waals surface area contributed by atoms with Crippen molar-refractivity contribution in [1.29, 1.82) is 0 Å². The molecule has 0 unspecified atom stereocenters. The number of imide groups is 1. The summed E-state index contributed by atoms with van der Waals surface area (Å²) in [5.41, 5.74) is 1.14. The van der Waals surface area contributed by atoms with Gasteiger partial charge in [-0.25, -0.2) is 0 Å². The molecule has 1 fully saturated rings. The number of hydrogen-bond donors (Lipinski definition) is 2. The average Bonchev–Trinajstić information content (AvgIpc) is 2.92. The largest absolute Gasteiger partial charge is 0.503 e. The van der Waals surface area contributed by atoms with Gasteiger partial charge in [-0.3, -0.25) is 19.3 Å². The lowest BCUT2D eigenvalue weighted by Crippen LogP contribution is -2.36. The number of nitrogens with zero attached hydrogens (tertiary/aromatic N) is 1. The van der Waals surface area contributed by atoms with Gasteiger partial charge in [0.15, 0.2) is 11.5 Å². The van der Waals surface area contributed by atoms with Crippen LogP contribution in [0, 0.1) is 0 Å². The molecule has 1 heterocycles. The van der Waals surface area contributed by atoms with Crippen LogP contribution in [0.25, 0.3) is 6.08 Å². The molecule has 9 heteroatoms. The number of phenols is 1. The highest BCUT2D eigenvalue weighted by Crippen LogP contribution is 2.38. The van der Waals surface area contributed by atoms with Gasteiger partial charge in [-0.05, 0) is 63.6 Å². The number of methoxy groups -OCH3 is 1. The van der Waals surface area contributed by atoms with Gasteiger partial charge in [0.25, 0.3) is 11.1 Å². The summed E-state index contributed by atoms with van der Waals surface area (Å²) in [6.45, 7) is -0.376. The SMILES string of the molecule is COc1cc(/C=C2/SC(=O)N(CC(=O)Nc3ccccc3)C2=O)cc(Br)c1O. The first-order valence-electron chi connectivity index (χ1n) is 8.06. The number of carbonyl (C=O) groups excluding carboxylic acids is 3. The molecule has 0 spiro atoms. The van der Waals surface area contributed by atoms with E-state index in [1.807, 2.05) is 6.07 Å². The number of anilines is 1. The molecule has 3 amide bonds. The van der Waals surface area contributed by atoms with Crippen LogP contribution >= 0.6 is 27.7 Å². The second-order valence-electron chi connectivity index (χ2n) is 5.74. The van der Waals surface area contributed by atoms with E-state index in [0.717, 1.165) is 16.7 Å². The van der Waals surface area contributed by atoms with E-state index in [-0.39, 0.29) is 22.9 Å². The van der Waals surface area contributed by atoms with Gasteiger partial charge in [-0.2, -0.15) is 0 Å². The van der Waals surface area contributed by atoms with Crippen LogP contribution < -0.4 is 10.1 Å². The molecule has 0 bridgehead atoms. The normalized spacial score (nSPS) is 15.2. The fourth-order valence-corrected chi connectivity index (χ4v) is 3.78. The van der Waals surface area contributed by atoms with Crippen molar-refractivity contribution in [2.75, 3.05) is 19.0 Å². The standard InChI is InChI=1S/C19H15BrN2O5S/c1-27-14-8-11(7-13(20)17(14)24)9-15-18(25)22(19(26)28-15)10-16(23)21-12-5-3-2-4-6-12/h2-9,24H,10H2,1H3,(H,21,23)/b15-9+. The third-order valence-electron chi connectivity index (χ3n) is 3.80. The van der Waals surface area contributed by atoms with Crippen molar-refractivity contribution in [1.82, 2.24) is 4.90 Å². The first-order chi connectivity index (χ1) is 13.4. The minimum absolute atomic E-state index is 0.0645. The molecule has 1 aliphatic rings. The van der Waals surface area contributed by atoms with E-state index in [2.05, 4.69) is 21.2 Å². The summed E-state index contributed by atoms with van der Waals surface area (Å²) in [6, 6.07) is 11.9. The van der Waals surface area contributed by atoms with E-state index >= 15 is 0 Å². The van der Waals surface area contributed by atoms with Crippen molar-refractivity contribution in [3.05, 3.63) is 57.4 Å². The van der Waals surface area contributed by atoms with Gasteiger partial charge in [-0.15, -0.1) is 0 Å². The van der Waals surface area contributed by atoms with Crippen molar-refractivity contribution in [3.8, 4) is 11.5 Å². The molecule has 2 aromatic carbocycles. The molecule has 2 N–H and O–H groups in total. The van der Waals surface area contributed by atoms with Crippen molar-refractivity contribution >= 4 is 56.5 Å². The number of phenolic OH excluding ortho intramolecular Hbond substituents is 1. The Hall–Kier alpha value is -2.78. The zero-order chi connectivity index (χ0) is 20.3. The lowest BCUT2D eigenvalue weighted by atomic mass is 10.2. The molecule has 144 valence electrons. The highest BCUT2D eigenvalue weighted by Gasteiger charge is 2.36. The monoisotopic (exact) mass is 462 g/mol. The number of para-hydroxylation sites is 1. The molecule has 7 nitrogen and oxygen atoms in total. The highest BCUT2D eigenvalue weighted by atomic mass is 79.9. The van der Waals surface area contributed by atoms with Crippen LogP contribution in [0.4, 0.5) is 10.5 Å². The van der Waals surface area contributed by atoms with Crippen LogP contribution in [0.15, 0.2) is 51.8 Å². The lowest BCUT2D eigenvalue weighted by molar-refractivity contribution is -0.127. The van der Waals surface area contributed by atoms with Crippen molar-refractivity contribution in [3.63, 3.8) is 0 Å². The van der Waals surface area contributed by atoms with Crippen molar-refractivity contribution in [2.24, 2.45) is 0 Å². The molecule has 0 aliphatic carbocycles. The number of ether oxygens (including phenoxy) is 1. The number of benzene rings is 2. The first-order valence-corrected chi connectivity index (χ1v) is 9.66. The Morgan fingerprint density at radius 2 is 2.00 bits per heavy atom. The number of aromatic hydroxyl groups is 1. The van der Waals surface area contributed by atoms with Crippen LogP contribution in [0.5, 0.6) is 11.5 Å². The van der Waals surface area contributed by atoms with Gasteiger partial charge >= 0.3 is 0 Å². The number of halogens is 1. The molecular formula is C19H15BrN2O5S. The van der Waals surface area contributed by atoms with Crippen LogP contribution in [0.1, 0.15) is 5.56 Å². The maximum Gasteiger partial charge on any atom is 0.294 e. The smallest absolute Gasteiger partial charge is 0.294 e. The Kier molecular flexibility index (Phi) is 6.05. The second kappa shape index (κ2) is 8.49. The maximum absolute atomic E-state index is 12.6. The number of rotatable bonds is 5. The van der Waals surface area contributed by atoms with E-state index in [4.69, 9.17) is 4.74 Å². The van der Waals surface area contributed by atoms with E-state index in [1.54, 1.807) is 30.3 Å². The predicted octanol–water partition coefficient (Wildman–Crippen LogP) is 3.84. The summed E-state index contributed by atoms with van der Waals surface area (Å²) in [4.78, 5) is 38.0. The highest BCUT2D eigenvalue weighted by molar-refractivity contribution is 9.10. The first kappa shape index (κ1) is 20.0. The molecule has 1 saturated heterocycles. The molecule has 0 aromatic heterocycles. The third-order valence-corrected chi connectivity index (χ3v) is 5.31. The number of nitrogens with one attached hydrogen (secondary N) is 1. The zero-order valence-electron chi connectivity index (χ0n) is 14.6. The predicted molar refractivity (Wildman–Crippen MR) is 110 cm³/mol. The van der Waals surface area contributed by atoms with Crippen LogP contribution in [0.2, 0.25) is 0 Å². The number of thioether (sulfide) groups is 1. The summed E-state index contributed by atoms with van der Waals surface area (Å²) in [5, 5.41) is 12.0. The molecule has 1 aliphatic heterocycles. The minimum Gasteiger partial charge on any atom is -0.503 e. The molecule has 0 saturated carbocycles. The molecule has 28 heavy (non-hydrogen) atoms. The van der Waals surface area contributed by atoms with Crippen LogP contribution in [-0.4, -0.2) is 40.7 Å². The number of carbonyl (C=O) groups is 3. The van der Waals surface area contributed by atoms with Crippen molar-refractivity contribution < 1.29 is 24.2 Å². The Balaban J connectivity index is 1.75. The topological polar surface area (TPSA) is 95.9 Å². The van der Waals surface area contributed by atoms with E-state index in [1.165, 1.54) is 19.3 Å². The number of hydrogen-bond acceptors (Lipinski definition) is 6. The van der Waals surface area contributed by atoms with E-state index in [9.17, 15) is 19.5 Å². The van der Waals surface area contributed by atoms with Crippen molar-refractivity contribution in [2.45, 2.75) is 0 Å². The molecular weight excluding hydrogens is 448 g/mol. The molecule has 2 aromatic rings. The van der Waals surface area contributed by atoms with E-state index < -0.39 is 17.1 Å². The number of amides is 3. The molecule has 0 atom stereocenters. The third kappa shape index (κ3) is 4.37. The van der Waals surface area contributed by atoms with Gasteiger partial charge in [0.1, 0.15) is 6.54 Å². The Labute approximate surface area is 173 Å². The maximum atomic E-state index is 12.6. The Morgan fingerprint density at radius 1 is 1.29 bits per heavy atom. The molecule has 3 rings (SSSR count). The van der Waals surface area contributed by atoms with E-state index in [0.29, 0.717) is 15.7 Å². The summed E-state index contributed by atoms with van der Waals surface area (Å²) in [5.74, 6) is -0.863. The quantitative estimate of drug-likeness (QED) is 0.655. The fraction of sp³-hybridized carbons (Fsp3) is 0.105. The summed E-state index contributed by atoms with van der Waals surface area (Å²) < 4.78 is 5.47. The summed E-state index contributed by atoms with van der Waals surface area (Å²) in [6.07, 6.45) is 1.51. The van der Waals surface area contributed by atoms with Gasteiger partial charge in [-0.1, -0.05) is 18.2 Å². The minimum atomic E-state index is -0.554. The zero-order valence-corrected chi connectivity index (χ0v) is 17.0. The second-order valence-corrected chi connectivity index (χ2v) is 7.58. The summed E-state index contributed by atoms with van der Waals surface area (Å²) in [7, 11) is 1.41. The van der Waals surface area contributed by atoms with Crippen LogP contribution in [0.3, 0.4) is 0 Å². The fourth-order valence-electron chi connectivity index (χ4n) is 2.49. The molecule has 0 radical (unpaired) electrons. The van der Waals surface area contributed by atoms with Gasteiger partial charge < -0.3 is 15.2 Å². The Morgan fingerprint density at radius 3 is 2.68 bits per heavy atom. The van der Waals surface area contributed by atoms with Crippen LogP contribution in [-0.2, 0) is 9.59 Å². The Bertz CT molecular complexity index is 978. The van der Waals surface area contributed by atoms with Gasteiger partial charge in [0.2, 0.25) is 5.91 Å². The lowest BCUT2D eigenvalue weighted by Gasteiger charge is -2.12.